The van der Waals surface area contributed by atoms with Gasteiger partial charge in [0.15, 0.2) is 0 Å². The van der Waals surface area contributed by atoms with Crippen molar-refractivity contribution in [2.45, 2.75) is 12.1 Å². The third kappa shape index (κ3) is 2.82. The van der Waals surface area contributed by atoms with Crippen LogP contribution in [0.2, 0.25) is 0 Å². The zero-order chi connectivity index (χ0) is 12.1. The monoisotopic (exact) mass is 249 g/mol. The van der Waals surface area contributed by atoms with Crippen molar-refractivity contribution in [1.29, 1.82) is 0 Å². The van der Waals surface area contributed by atoms with Crippen LogP contribution < -0.4 is 0 Å². The van der Waals surface area contributed by atoms with Gasteiger partial charge >= 0.3 is 0 Å². The summed E-state index contributed by atoms with van der Waals surface area (Å²) in [5.74, 6) is 0.545. The molecule has 0 aliphatic carbocycles. The Morgan fingerprint density at radius 2 is 2.18 bits per heavy atom. The van der Waals surface area contributed by atoms with E-state index in [1.54, 1.807) is 11.6 Å². The summed E-state index contributed by atoms with van der Waals surface area (Å²) in [7, 11) is 0. The van der Waals surface area contributed by atoms with Gasteiger partial charge in [0.25, 0.3) is 0 Å². The average Bonchev–Trinajstić information content (AvgIpc) is 2.85. The summed E-state index contributed by atoms with van der Waals surface area (Å²) in [5.41, 5.74) is 1.52. The highest BCUT2D eigenvalue weighted by Gasteiger charge is 2.08. The van der Waals surface area contributed by atoms with Crippen LogP contribution in [-0.2, 0) is 0 Å². The van der Waals surface area contributed by atoms with E-state index in [1.807, 2.05) is 30.3 Å². The van der Waals surface area contributed by atoms with Crippen LogP contribution in [0, 0.1) is 0 Å². The molecule has 6 nitrogen and oxygen atoms in total. The lowest BCUT2D eigenvalue weighted by molar-refractivity contribution is 0.318. The molecule has 0 aliphatic heterocycles. The first-order valence-electron chi connectivity index (χ1n) is 4.95. The lowest BCUT2D eigenvalue weighted by atomic mass is 10.3. The smallest absolute Gasteiger partial charge is 0.214 e. The molecule has 0 spiro atoms. The largest absolute Gasteiger partial charge is 0.411 e. The number of para-hydroxylation sites is 1. The van der Waals surface area contributed by atoms with Crippen LogP contribution in [0.4, 0.5) is 0 Å². The van der Waals surface area contributed by atoms with Crippen molar-refractivity contribution in [1.82, 2.24) is 20.2 Å². The van der Waals surface area contributed by atoms with Crippen LogP contribution >= 0.6 is 11.8 Å². The molecule has 17 heavy (non-hydrogen) atoms. The molecule has 1 heterocycles. The number of rotatable bonds is 4. The quantitative estimate of drug-likeness (QED) is 0.385. The van der Waals surface area contributed by atoms with Crippen molar-refractivity contribution in [3.63, 3.8) is 0 Å². The first kappa shape index (κ1) is 11.6. The van der Waals surface area contributed by atoms with E-state index in [0.29, 0.717) is 16.6 Å². The fourth-order valence-electron chi connectivity index (χ4n) is 1.20. The second-order valence-corrected chi connectivity index (χ2v) is 4.28. The van der Waals surface area contributed by atoms with Gasteiger partial charge < -0.3 is 5.21 Å². The van der Waals surface area contributed by atoms with E-state index in [1.165, 1.54) is 11.8 Å². The van der Waals surface area contributed by atoms with Gasteiger partial charge in [0.1, 0.15) is 0 Å². The molecule has 1 aromatic carbocycles. The maximum atomic E-state index is 8.57. The van der Waals surface area contributed by atoms with E-state index in [-0.39, 0.29) is 0 Å². The molecule has 0 bridgehead atoms. The maximum absolute atomic E-state index is 8.57. The molecular weight excluding hydrogens is 238 g/mol. The number of thioether (sulfide) groups is 1. The van der Waals surface area contributed by atoms with Gasteiger partial charge in [-0.15, -0.1) is 5.10 Å². The molecule has 2 rings (SSSR count). The molecular formula is C10H11N5OS. The highest BCUT2D eigenvalue weighted by Crippen LogP contribution is 2.17. The summed E-state index contributed by atoms with van der Waals surface area (Å²) in [6.07, 6.45) is 0. The highest BCUT2D eigenvalue weighted by atomic mass is 32.2. The second-order valence-electron chi connectivity index (χ2n) is 3.33. The van der Waals surface area contributed by atoms with Gasteiger partial charge in [-0.05, 0) is 29.5 Å². The minimum Gasteiger partial charge on any atom is -0.411 e. The summed E-state index contributed by atoms with van der Waals surface area (Å²) in [6.45, 7) is 1.74. The first-order valence-corrected chi connectivity index (χ1v) is 5.94. The summed E-state index contributed by atoms with van der Waals surface area (Å²) in [4.78, 5) is 0. The standard InChI is InChI=1S/C10H11N5OS/c1-8(12-16)7-17-10-11-13-14-15(10)9-5-3-2-4-6-9/h2-6,16H,7H2,1H3/b12-8+. The number of oxime groups is 1. The Hall–Kier alpha value is -1.89. The average molecular weight is 249 g/mol. The molecule has 1 aromatic heterocycles. The van der Waals surface area contributed by atoms with Crippen molar-refractivity contribution in [3.05, 3.63) is 30.3 Å². The van der Waals surface area contributed by atoms with Crippen LogP contribution in [0.25, 0.3) is 5.69 Å². The number of nitrogens with zero attached hydrogens (tertiary/aromatic N) is 5. The second kappa shape index (κ2) is 5.44. The number of benzene rings is 1. The van der Waals surface area contributed by atoms with Gasteiger partial charge in [0.05, 0.1) is 11.4 Å². The van der Waals surface area contributed by atoms with E-state index in [9.17, 15) is 0 Å². The SMILES string of the molecule is C/C(CSc1nnnn1-c1ccccc1)=N\O. The van der Waals surface area contributed by atoms with Crippen LogP contribution in [0.1, 0.15) is 6.92 Å². The molecule has 0 unspecified atom stereocenters. The maximum Gasteiger partial charge on any atom is 0.214 e. The van der Waals surface area contributed by atoms with Crippen molar-refractivity contribution < 1.29 is 5.21 Å². The zero-order valence-corrected chi connectivity index (χ0v) is 10.0. The fraction of sp³-hybridized carbons (Fsp3) is 0.200. The van der Waals surface area contributed by atoms with Gasteiger partial charge in [-0.1, -0.05) is 35.1 Å². The predicted octanol–water partition coefficient (Wildman–Crippen LogP) is 1.60. The van der Waals surface area contributed by atoms with E-state index in [4.69, 9.17) is 5.21 Å². The molecule has 0 saturated heterocycles. The number of hydrogen-bond donors (Lipinski definition) is 1. The fourth-order valence-corrected chi connectivity index (χ4v) is 1.95. The van der Waals surface area contributed by atoms with Crippen molar-refractivity contribution in [2.75, 3.05) is 5.75 Å². The number of hydrogen-bond acceptors (Lipinski definition) is 6. The Morgan fingerprint density at radius 1 is 1.41 bits per heavy atom. The van der Waals surface area contributed by atoms with Crippen molar-refractivity contribution >= 4 is 17.5 Å². The van der Waals surface area contributed by atoms with E-state index < -0.39 is 0 Å². The highest BCUT2D eigenvalue weighted by molar-refractivity contribution is 7.99. The van der Waals surface area contributed by atoms with E-state index in [2.05, 4.69) is 20.7 Å². The van der Waals surface area contributed by atoms with Crippen LogP contribution in [0.5, 0.6) is 0 Å². The molecule has 0 saturated carbocycles. The zero-order valence-electron chi connectivity index (χ0n) is 9.19. The summed E-state index contributed by atoms with van der Waals surface area (Å²) >= 11 is 1.42. The normalized spacial score (nSPS) is 11.7. The van der Waals surface area contributed by atoms with E-state index in [0.717, 1.165) is 5.69 Å². The van der Waals surface area contributed by atoms with Gasteiger partial charge in [0, 0.05) is 5.75 Å². The molecule has 0 aliphatic rings. The summed E-state index contributed by atoms with van der Waals surface area (Å²) < 4.78 is 1.65. The van der Waals surface area contributed by atoms with E-state index >= 15 is 0 Å². The minimum absolute atomic E-state index is 0.545. The topological polar surface area (TPSA) is 76.2 Å². The van der Waals surface area contributed by atoms with Crippen LogP contribution in [-0.4, -0.2) is 36.9 Å². The molecule has 0 radical (unpaired) electrons. The van der Waals surface area contributed by atoms with Crippen molar-refractivity contribution in [3.8, 4) is 5.69 Å². The van der Waals surface area contributed by atoms with Gasteiger partial charge in [-0.2, -0.15) is 4.68 Å². The van der Waals surface area contributed by atoms with Crippen LogP contribution in [0.3, 0.4) is 0 Å². The molecule has 7 heteroatoms. The third-order valence-corrected chi connectivity index (χ3v) is 3.10. The Kier molecular flexibility index (Phi) is 3.71. The van der Waals surface area contributed by atoms with Crippen LogP contribution in [0.15, 0.2) is 40.6 Å². The van der Waals surface area contributed by atoms with Crippen molar-refractivity contribution in [2.24, 2.45) is 5.16 Å². The minimum atomic E-state index is 0.545. The number of tetrazole rings is 1. The molecule has 0 amide bonds. The Labute approximate surface area is 102 Å². The molecule has 0 atom stereocenters. The molecule has 2 aromatic rings. The third-order valence-electron chi connectivity index (χ3n) is 2.02. The summed E-state index contributed by atoms with van der Waals surface area (Å²) in [5, 5.41) is 23.8. The Morgan fingerprint density at radius 3 is 2.88 bits per heavy atom. The van der Waals surface area contributed by atoms with Gasteiger partial charge in [-0.25, -0.2) is 0 Å². The Balaban J connectivity index is 2.18. The Bertz CT molecular complexity index is 510. The molecule has 1 N–H and O–H groups in total. The lowest BCUT2D eigenvalue weighted by Gasteiger charge is -2.02. The predicted molar refractivity (Wildman–Crippen MR) is 64.8 cm³/mol. The molecule has 0 fully saturated rings. The molecule has 88 valence electrons. The number of aromatic nitrogens is 4. The lowest BCUT2D eigenvalue weighted by Crippen LogP contribution is -2.01. The van der Waals surface area contributed by atoms with Gasteiger partial charge in [-0.3, -0.25) is 0 Å². The van der Waals surface area contributed by atoms with Gasteiger partial charge in [0.2, 0.25) is 5.16 Å². The summed E-state index contributed by atoms with van der Waals surface area (Å²) in [6, 6.07) is 9.63. The first-order chi connectivity index (χ1) is 8.31.